The van der Waals surface area contributed by atoms with Crippen molar-refractivity contribution in [2.45, 2.75) is 25.2 Å². The summed E-state index contributed by atoms with van der Waals surface area (Å²) in [4.78, 5) is 12.7. The van der Waals surface area contributed by atoms with Crippen molar-refractivity contribution in [3.63, 3.8) is 0 Å². The molecule has 0 N–H and O–H groups in total. The normalized spacial score (nSPS) is 22.2. The summed E-state index contributed by atoms with van der Waals surface area (Å²) in [6.07, 6.45) is 1.73. The van der Waals surface area contributed by atoms with Gasteiger partial charge in [0, 0.05) is 44.6 Å². The van der Waals surface area contributed by atoms with Crippen LogP contribution in [-0.4, -0.2) is 41.9 Å². The van der Waals surface area contributed by atoms with Crippen LogP contribution in [-0.2, 0) is 16.0 Å². The lowest BCUT2D eigenvalue weighted by Crippen LogP contribution is -2.44. The molecule has 1 aromatic rings. The molecule has 0 saturated carbocycles. The molecule has 0 bridgehead atoms. The van der Waals surface area contributed by atoms with Crippen LogP contribution >= 0.6 is 0 Å². The van der Waals surface area contributed by atoms with Crippen LogP contribution in [0.5, 0.6) is 0 Å². The molecule has 6 heteroatoms. The lowest BCUT2D eigenvalue weighted by molar-refractivity contribution is -0.384. The predicted molar refractivity (Wildman–Crippen MR) is 72.2 cm³/mol. The minimum absolute atomic E-state index is 0.151. The van der Waals surface area contributed by atoms with E-state index >= 15 is 0 Å². The van der Waals surface area contributed by atoms with E-state index in [0.717, 1.165) is 38.0 Å². The summed E-state index contributed by atoms with van der Waals surface area (Å²) in [6, 6.07) is 6.84. The molecule has 0 unspecified atom stereocenters. The molecule has 20 heavy (non-hydrogen) atoms. The van der Waals surface area contributed by atoms with Crippen molar-refractivity contribution in [1.29, 1.82) is 0 Å². The first-order valence-corrected chi connectivity index (χ1v) is 6.91. The van der Waals surface area contributed by atoms with E-state index in [4.69, 9.17) is 9.47 Å². The second-order valence-corrected chi connectivity index (χ2v) is 5.31. The van der Waals surface area contributed by atoms with Crippen LogP contribution in [0.4, 0.5) is 5.69 Å². The average molecular weight is 278 g/mol. The number of nitrogens with zero attached hydrogens (tertiary/aromatic N) is 2. The molecule has 2 aliphatic rings. The Balaban J connectivity index is 1.59. The fraction of sp³-hybridized carbons (Fsp3) is 0.571. The van der Waals surface area contributed by atoms with Crippen LogP contribution in [0.15, 0.2) is 24.3 Å². The van der Waals surface area contributed by atoms with E-state index in [1.165, 1.54) is 6.07 Å². The quantitative estimate of drug-likeness (QED) is 0.624. The smallest absolute Gasteiger partial charge is 0.269 e. The molecule has 2 fully saturated rings. The molecule has 1 aromatic carbocycles. The van der Waals surface area contributed by atoms with Gasteiger partial charge < -0.3 is 9.47 Å². The summed E-state index contributed by atoms with van der Waals surface area (Å²) in [6.45, 7) is 3.89. The van der Waals surface area contributed by atoms with Crippen molar-refractivity contribution in [3.05, 3.63) is 39.9 Å². The molecule has 0 atom stereocenters. The molecule has 0 aromatic heterocycles. The Morgan fingerprint density at radius 2 is 1.95 bits per heavy atom. The molecule has 0 radical (unpaired) electrons. The third-order valence-electron chi connectivity index (χ3n) is 3.96. The largest absolute Gasteiger partial charge is 0.347 e. The van der Waals surface area contributed by atoms with Crippen molar-refractivity contribution in [2.75, 3.05) is 26.3 Å². The SMILES string of the molecule is O=[N+]([O-])c1cccc(CN2CCC3(CC2)OCCO3)c1. The summed E-state index contributed by atoms with van der Waals surface area (Å²) >= 11 is 0. The Morgan fingerprint density at radius 1 is 1.25 bits per heavy atom. The molecule has 0 aliphatic carbocycles. The van der Waals surface area contributed by atoms with Gasteiger partial charge in [0.15, 0.2) is 5.79 Å². The van der Waals surface area contributed by atoms with Gasteiger partial charge in [0.2, 0.25) is 0 Å². The van der Waals surface area contributed by atoms with Crippen LogP contribution in [0, 0.1) is 10.1 Å². The van der Waals surface area contributed by atoms with E-state index in [-0.39, 0.29) is 16.4 Å². The Hall–Kier alpha value is -1.50. The Kier molecular flexibility index (Phi) is 3.69. The van der Waals surface area contributed by atoms with Crippen molar-refractivity contribution in [3.8, 4) is 0 Å². The number of rotatable bonds is 3. The zero-order valence-electron chi connectivity index (χ0n) is 11.3. The molecular weight excluding hydrogens is 260 g/mol. The predicted octanol–water partition coefficient (Wildman–Crippen LogP) is 1.93. The van der Waals surface area contributed by atoms with Crippen molar-refractivity contribution < 1.29 is 14.4 Å². The standard InChI is InChI=1S/C14H18N2O4/c17-16(18)13-3-1-2-12(10-13)11-15-6-4-14(5-7-15)19-8-9-20-14/h1-3,10H,4-9,11H2. The highest BCUT2D eigenvalue weighted by Crippen LogP contribution is 2.31. The van der Waals surface area contributed by atoms with E-state index in [2.05, 4.69) is 4.90 Å². The van der Waals surface area contributed by atoms with E-state index in [1.807, 2.05) is 6.07 Å². The summed E-state index contributed by atoms with van der Waals surface area (Å²) in [5, 5.41) is 10.8. The number of hydrogen-bond acceptors (Lipinski definition) is 5. The summed E-state index contributed by atoms with van der Waals surface area (Å²) < 4.78 is 11.4. The molecule has 3 rings (SSSR count). The van der Waals surface area contributed by atoms with Crippen molar-refractivity contribution in [2.24, 2.45) is 0 Å². The maximum Gasteiger partial charge on any atom is 0.269 e. The summed E-state index contributed by atoms with van der Waals surface area (Å²) in [5.41, 5.74) is 1.13. The fourth-order valence-electron chi connectivity index (χ4n) is 2.86. The number of nitro benzene ring substituents is 1. The monoisotopic (exact) mass is 278 g/mol. The Labute approximate surface area is 117 Å². The topological polar surface area (TPSA) is 64.8 Å². The van der Waals surface area contributed by atoms with Gasteiger partial charge in [-0.25, -0.2) is 0 Å². The van der Waals surface area contributed by atoms with Gasteiger partial charge in [0.1, 0.15) is 0 Å². The van der Waals surface area contributed by atoms with Crippen LogP contribution < -0.4 is 0 Å². The molecule has 2 saturated heterocycles. The van der Waals surface area contributed by atoms with Gasteiger partial charge in [0.25, 0.3) is 5.69 Å². The first kappa shape index (κ1) is 13.5. The van der Waals surface area contributed by atoms with Crippen LogP contribution in [0.25, 0.3) is 0 Å². The van der Waals surface area contributed by atoms with Crippen molar-refractivity contribution >= 4 is 5.69 Å². The first-order valence-electron chi connectivity index (χ1n) is 6.91. The number of likely N-dealkylation sites (tertiary alicyclic amines) is 1. The Morgan fingerprint density at radius 3 is 2.60 bits per heavy atom. The minimum Gasteiger partial charge on any atom is -0.347 e. The van der Waals surface area contributed by atoms with Gasteiger partial charge in [-0.2, -0.15) is 0 Å². The average Bonchev–Trinajstić information content (AvgIpc) is 2.90. The molecule has 2 heterocycles. The second-order valence-electron chi connectivity index (χ2n) is 5.31. The highest BCUT2D eigenvalue weighted by Gasteiger charge is 2.39. The number of ether oxygens (including phenoxy) is 2. The molecule has 6 nitrogen and oxygen atoms in total. The number of piperidine rings is 1. The van der Waals surface area contributed by atoms with Gasteiger partial charge in [-0.15, -0.1) is 0 Å². The molecule has 2 aliphatic heterocycles. The molecule has 108 valence electrons. The van der Waals surface area contributed by atoms with Crippen LogP contribution in [0.3, 0.4) is 0 Å². The van der Waals surface area contributed by atoms with Crippen molar-refractivity contribution in [1.82, 2.24) is 4.90 Å². The second kappa shape index (κ2) is 5.47. The molecule has 0 amide bonds. The van der Waals surface area contributed by atoms with E-state index < -0.39 is 0 Å². The van der Waals surface area contributed by atoms with Gasteiger partial charge >= 0.3 is 0 Å². The lowest BCUT2D eigenvalue weighted by Gasteiger charge is -2.37. The number of hydrogen-bond donors (Lipinski definition) is 0. The number of nitro groups is 1. The third-order valence-corrected chi connectivity index (χ3v) is 3.96. The van der Waals surface area contributed by atoms with Gasteiger partial charge in [-0.05, 0) is 5.56 Å². The van der Waals surface area contributed by atoms with Crippen LogP contribution in [0.1, 0.15) is 18.4 Å². The maximum atomic E-state index is 10.8. The van der Waals surface area contributed by atoms with E-state index in [1.54, 1.807) is 12.1 Å². The summed E-state index contributed by atoms with van der Waals surface area (Å²) in [7, 11) is 0. The zero-order valence-corrected chi connectivity index (χ0v) is 11.3. The summed E-state index contributed by atoms with van der Waals surface area (Å²) in [5.74, 6) is -0.362. The first-order chi connectivity index (χ1) is 9.67. The van der Waals surface area contributed by atoms with E-state index in [0.29, 0.717) is 13.2 Å². The Bertz CT molecular complexity index is 490. The number of benzene rings is 1. The highest BCUT2D eigenvalue weighted by atomic mass is 16.7. The molecule has 1 spiro atoms. The fourth-order valence-corrected chi connectivity index (χ4v) is 2.86. The number of non-ortho nitro benzene ring substituents is 1. The van der Waals surface area contributed by atoms with Gasteiger partial charge in [-0.1, -0.05) is 12.1 Å². The maximum absolute atomic E-state index is 10.8. The minimum atomic E-state index is -0.362. The lowest BCUT2D eigenvalue weighted by atomic mass is 10.0. The molecular formula is C14H18N2O4. The van der Waals surface area contributed by atoms with E-state index in [9.17, 15) is 10.1 Å². The third kappa shape index (κ3) is 2.82. The zero-order chi connectivity index (χ0) is 14.0. The van der Waals surface area contributed by atoms with Gasteiger partial charge in [-0.3, -0.25) is 15.0 Å². The highest BCUT2D eigenvalue weighted by molar-refractivity contribution is 5.34. The van der Waals surface area contributed by atoms with Crippen LogP contribution in [0.2, 0.25) is 0 Å². The van der Waals surface area contributed by atoms with Gasteiger partial charge in [0.05, 0.1) is 18.1 Å².